The van der Waals surface area contributed by atoms with Gasteiger partial charge in [0, 0.05) is 24.3 Å². The Hall–Kier alpha value is -4.67. The van der Waals surface area contributed by atoms with Crippen LogP contribution in [0, 0.1) is 0 Å². The van der Waals surface area contributed by atoms with Crippen LogP contribution in [0.25, 0.3) is 16.9 Å². The molecule has 2 N–H and O–H groups in total. The Balaban J connectivity index is 1.28. The highest BCUT2D eigenvalue weighted by molar-refractivity contribution is 5.74. The number of unbranched alkanes of at least 4 members (excludes halogenated alkanes) is 1. The van der Waals surface area contributed by atoms with Crippen LogP contribution < -0.4 is 15.4 Å². The molecule has 43 heavy (non-hydrogen) atoms. The van der Waals surface area contributed by atoms with E-state index in [9.17, 15) is 9.59 Å². The molecule has 0 bridgehead atoms. The Morgan fingerprint density at radius 2 is 1.72 bits per heavy atom. The minimum absolute atomic E-state index is 0.169. The molecule has 0 fully saturated rings. The van der Waals surface area contributed by atoms with Gasteiger partial charge in [0.05, 0.1) is 19.4 Å². The fourth-order valence-corrected chi connectivity index (χ4v) is 4.24. The van der Waals surface area contributed by atoms with Gasteiger partial charge in [-0.2, -0.15) is 4.98 Å². The standard InChI is InChI=1S/C32H40N6O5/c1-5-41-28(39)10-6-7-20-42-26-17-15-25(16-18-26)38-22-35-27-21-34-30(37-29(27)38)36-24-13-11-23(12-14-24)9-8-19-33-31(40)43-32(2,3)4/h11-18,21-22H,5-10,19-20H2,1-4H3,(H,33,40)(H,34,36,37). The lowest BCUT2D eigenvalue weighted by atomic mass is 10.1. The van der Waals surface area contributed by atoms with Crippen molar-refractivity contribution >= 4 is 34.9 Å². The van der Waals surface area contributed by atoms with E-state index in [1.54, 1.807) is 19.4 Å². The van der Waals surface area contributed by atoms with Gasteiger partial charge in [-0.3, -0.25) is 9.36 Å². The number of esters is 1. The van der Waals surface area contributed by atoms with Crippen molar-refractivity contribution in [2.24, 2.45) is 0 Å². The van der Waals surface area contributed by atoms with Crippen LogP contribution in [0.1, 0.15) is 58.9 Å². The first-order valence-corrected chi connectivity index (χ1v) is 14.6. The van der Waals surface area contributed by atoms with Crippen molar-refractivity contribution in [1.82, 2.24) is 24.8 Å². The average Bonchev–Trinajstić information content (AvgIpc) is 3.39. The van der Waals surface area contributed by atoms with Crippen LogP contribution in [0.5, 0.6) is 5.75 Å². The molecule has 0 aliphatic heterocycles. The van der Waals surface area contributed by atoms with Gasteiger partial charge >= 0.3 is 12.1 Å². The molecule has 0 atom stereocenters. The third-order valence-electron chi connectivity index (χ3n) is 6.28. The summed E-state index contributed by atoms with van der Waals surface area (Å²) in [5.74, 6) is 1.05. The molecule has 4 rings (SSSR count). The molecule has 11 nitrogen and oxygen atoms in total. The van der Waals surface area contributed by atoms with Crippen molar-refractivity contribution in [3.05, 3.63) is 66.6 Å². The van der Waals surface area contributed by atoms with Gasteiger partial charge in [0.2, 0.25) is 5.95 Å². The maximum absolute atomic E-state index is 11.8. The summed E-state index contributed by atoms with van der Waals surface area (Å²) in [6.07, 6.45) is 6.57. The molecule has 0 saturated heterocycles. The SMILES string of the molecule is CCOC(=O)CCCCOc1ccc(-n2cnc3cnc(Nc4ccc(CCCNC(=O)OC(C)(C)C)cc4)nc32)cc1. The number of ether oxygens (including phenoxy) is 3. The zero-order chi connectivity index (χ0) is 30.7. The second-order valence-electron chi connectivity index (χ2n) is 11.0. The van der Waals surface area contributed by atoms with Crippen LogP contribution in [0.15, 0.2) is 61.1 Å². The van der Waals surface area contributed by atoms with Gasteiger partial charge < -0.3 is 24.8 Å². The molecule has 228 valence electrons. The first-order valence-electron chi connectivity index (χ1n) is 14.6. The van der Waals surface area contributed by atoms with Gasteiger partial charge in [-0.05, 0) is 95.3 Å². The molecule has 2 aromatic carbocycles. The Labute approximate surface area is 252 Å². The van der Waals surface area contributed by atoms with Crippen LogP contribution in [-0.2, 0) is 20.7 Å². The summed E-state index contributed by atoms with van der Waals surface area (Å²) in [7, 11) is 0. The van der Waals surface area contributed by atoms with E-state index in [0.29, 0.717) is 43.3 Å². The molecule has 4 aromatic rings. The molecular formula is C32H40N6O5. The molecule has 2 heterocycles. The summed E-state index contributed by atoms with van der Waals surface area (Å²) in [5.41, 5.74) is 3.78. The van der Waals surface area contributed by atoms with Crippen LogP contribution in [0.3, 0.4) is 0 Å². The Morgan fingerprint density at radius 1 is 0.953 bits per heavy atom. The molecule has 0 aliphatic carbocycles. The summed E-state index contributed by atoms with van der Waals surface area (Å²) in [6.45, 7) is 8.82. The molecule has 0 saturated carbocycles. The average molecular weight is 589 g/mol. The number of amides is 1. The zero-order valence-corrected chi connectivity index (χ0v) is 25.3. The van der Waals surface area contributed by atoms with Crippen LogP contribution in [-0.4, -0.2) is 56.9 Å². The normalized spacial score (nSPS) is 11.3. The number of carbonyl (C=O) groups is 2. The number of hydrogen-bond acceptors (Lipinski definition) is 9. The molecular weight excluding hydrogens is 548 g/mol. The maximum atomic E-state index is 11.8. The van der Waals surface area contributed by atoms with Crippen molar-refractivity contribution in [1.29, 1.82) is 0 Å². The van der Waals surface area contributed by atoms with Crippen LogP contribution in [0.2, 0.25) is 0 Å². The van der Waals surface area contributed by atoms with E-state index in [0.717, 1.165) is 48.4 Å². The van der Waals surface area contributed by atoms with Crippen molar-refractivity contribution in [3.8, 4) is 11.4 Å². The molecule has 0 unspecified atom stereocenters. The van der Waals surface area contributed by atoms with Gasteiger partial charge in [-0.15, -0.1) is 0 Å². The molecule has 11 heteroatoms. The first-order chi connectivity index (χ1) is 20.7. The highest BCUT2D eigenvalue weighted by Crippen LogP contribution is 2.22. The lowest BCUT2D eigenvalue weighted by Gasteiger charge is -2.19. The Kier molecular flexibility index (Phi) is 10.9. The number of hydrogen-bond donors (Lipinski definition) is 2. The van der Waals surface area contributed by atoms with Crippen molar-refractivity contribution in [2.75, 3.05) is 25.1 Å². The summed E-state index contributed by atoms with van der Waals surface area (Å²) in [6, 6.07) is 15.8. The molecule has 1 amide bonds. The quantitative estimate of drug-likeness (QED) is 0.132. The first kappa shape index (κ1) is 31.3. The van der Waals surface area contributed by atoms with Gasteiger partial charge in [0.15, 0.2) is 5.65 Å². The van der Waals surface area contributed by atoms with E-state index in [2.05, 4.69) is 20.6 Å². The topological polar surface area (TPSA) is 129 Å². The number of rotatable bonds is 14. The zero-order valence-electron chi connectivity index (χ0n) is 25.3. The number of aryl methyl sites for hydroxylation is 1. The fourth-order valence-electron chi connectivity index (χ4n) is 4.24. The largest absolute Gasteiger partial charge is 0.494 e. The second kappa shape index (κ2) is 15.0. The van der Waals surface area contributed by atoms with Gasteiger partial charge in [0.1, 0.15) is 23.2 Å². The van der Waals surface area contributed by atoms with E-state index in [4.69, 9.17) is 19.2 Å². The number of fused-ring (bicyclic) bond motifs is 1. The number of anilines is 2. The number of nitrogens with zero attached hydrogens (tertiary/aromatic N) is 4. The van der Waals surface area contributed by atoms with Crippen molar-refractivity contribution < 1.29 is 23.8 Å². The molecule has 0 spiro atoms. The highest BCUT2D eigenvalue weighted by Gasteiger charge is 2.15. The van der Waals surface area contributed by atoms with E-state index in [1.807, 2.05) is 73.9 Å². The summed E-state index contributed by atoms with van der Waals surface area (Å²) < 4.78 is 17.9. The van der Waals surface area contributed by atoms with Gasteiger partial charge in [-0.25, -0.2) is 14.8 Å². The lowest BCUT2D eigenvalue weighted by molar-refractivity contribution is -0.143. The maximum Gasteiger partial charge on any atom is 0.407 e. The minimum atomic E-state index is -0.503. The number of aromatic nitrogens is 4. The van der Waals surface area contributed by atoms with E-state index in [-0.39, 0.29) is 5.97 Å². The third-order valence-corrected chi connectivity index (χ3v) is 6.28. The predicted molar refractivity (Wildman–Crippen MR) is 165 cm³/mol. The van der Waals surface area contributed by atoms with Crippen LogP contribution in [0.4, 0.5) is 16.4 Å². The van der Waals surface area contributed by atoms with Crippen molar-refractivity contribution in [2.45, 2.75) is 65.4 Å². The number of benzene rings is 2. The summed E-state index contributed by atoms with van der Waals surface area (Å²) in [4.78, 5) is 36.8. The third kappa shape index (κ3) is 9.98. The number of nitrogens with one attached hydrogen (secondary N) is 2. The Bertz CT molecular complexity index is 1480. The van der Waals surface area contributed by atoms with E-state index in [1.165, 1.54) is 0 Å². The minimum Gasteiger partial charge on any atom is -0.494 e. The highest BCUT2D eigenvalue weighted by atomic mass is 16.6. The molecule has 2 aromatic heterocycles. The van der Waals surface area contributed by atoms with Crippen LogP contribution >= 0.6 is 0 Å². The number of alkyl carbamates (subject to hydrolysis) is 1. The number of carbonyl (C=O) groups excluding carboxylic acids is 2. The van der Waals surface area contributed by atoms with Gasteiger partial charge in [-0.1, -0.05) is 12.1 Å². The Morgan fingerprint density at radius 3 is 2.44 bits per heavy atom. The summed E-state index contributed by atoms with van der Waals surface area (Å²) in [5, 5.41) is 6.05. The number of imidazole rings is 1. The van der Waals surface area contributed by atoms with E-state index < -0.39 is 11.7 Å². The smallest absolute Gasteiger partial charge is 0.407 e. The van der Waals surface area contributed by atoms with E-state index >= 15 is 0 Å². The molecule has 0 radical (unpaired) electrons. The second-order valence-corrected chi connectivity index (χ2v) is 11.0. The summed E-state index contributed by atoms with van der Waals surface area (Å²) >= 11 is 0. The molecule has 0 aliphatic rings. The monoisotopic (exact) mass is 588 g/mol. The van der Waals surface area contributed by atoms with Gasteiger partial charge in [0.25, 0.3) is 0 Å². The van der Waals surface area contributed by atoms with Crippen molar-refractivity contribution in [3.63, 3.8) is 0 Å². The predicted octanol–water partition coefficient (Wildman–Crippen LogP) is 6.13. The lowest BCUT2D eigenvalue weighted by Crippen LogP contribution is -2.33. The fraction of sp³-hybridized carbons (Fsp3) is 0.406.